The maximum Gasteiger partial charge on any atom is 0.302 e. The van der Waals surface area contributed by atoms with Crippen molar-refractivity contribution in [1.29, 1.82) is 0 Å². The number of esters is 1. The second-order valence-electron chi connectivity index (χ2n) is 5.10. The van der Waals surface area contributed by atoms with Crippen LogP contribution in [0, 0.1) is 11.3 Å². The van der Waals surface area contributed by atoms with E-state index in [0.29, 0.717) is 17.9 Å². The van der Waals surface area contributed by atoms with Gasteiger partial charge < -0.3 is 4.74 Å². The van der Waals surface area contributed by atoms with E-state index in [2.05, 4.69) is 20.4 Å². The van der Waals surface area contributed by atoms with Crippen molar-refractivity contribution in [1.82, 2.24) is 0 Å². The third-order valence-corrected chi connectivity index (χ3v) is 3.81. The minimum atomic E-state index is -0.175. The highest BCUT2D eigenvalue weighted by molar-refractivity contribution is 5.65. The van der Waals surface area contributed by atoms with Gasteiger partial charge in [-0.2, -0.15) is 0 Å². The Hall–Kier alpha value is -0.790. The number of rotatable bonds is 3. The monoisotopic (exact) mass is 210 g/mol. The van der Waals surface area contributed by atoms with Gasteiger partial charge in [-0.1, -0.05) is 26.0 Å². The van der Waals surface area contributed by atoms with Gasteiger partial charge in [0, 0.05) is 6.92 Å². The Morgan fingerprint density at radius 3 is 2.87 bits per heavy atom. The van der Waals surface area contributed by atoms with Crippen molar-refractivity contribution in [2.75, 3.05) is 6.61 Å². The maximum atomic E-state index is 10.7. The van der Waals surface area contributed by atoms with Gasteiger partial charge in [0.25, 0.3) is 0 Å². The fraction of sp³-hybridized carbons (Fsp3) is 0.769. The Morgan fingerprint density at radius 1 is 1.67 bits per heavy atom. The van der Waals surface area contributed by atoms with Gasteiger partial charge in [0.05, 0.1) is 6.61 Å². The Kier molecular flexibility index (Phi) is 3.95. The molecule has 0 radical (unpaired) electrons. The minimum Gasteiger partial charge on any atom is -0.466 e. The van der Waals surface area contributed by atoms with Crippen molar-refractivity contribution in [3.05, 3.63) is 12.2 Å². The SMILES string of the molecule is C=C1CCC(C)(CCOC(C)=O)C(C)C1. The normalized spacial score (nSPS) is 31.4. The first-order chi connectivity index (χ1) is 6.94. The molecule has 0 aromatic rings. The van der Waals surface area contributed by atoms with Crippen molar-refractivity contribution < 1.29 is 9.53 Å². The average Bonchev–Trinajstić information content (AvgIpc) is 2.12. The Bertz CT molecular complexity index is 257. The standard InChI is InChI=1S/C13H22O2/c1-10-5-6-13(4,11(2)9-10)7-8-15-12(3)14/h11H,1,5-9H2,2-4H3. The fourth-order valence-corrected chi connectivity index (χ4v) is 2.29. The molecule has 2 heteroatoms. The van der Waals surface area contributed by atoms with Crippen molar-refractivity contribution in [2.24, 2.45) is 11.3 Å². The van der Waals surface area contributed by atoms with Crippen LogP contribution < -0.4 is 0 Å². The molecule has 86 valence electrons. The van der Waals surface area contributed by atoms with Crippen molar-refractivity contribution in [3.8, 4) is 0 Å². The van der Waals surface area contributed by atoms with Gasteiger partial charge in [-0.25, -0.2) is 0 Å². The predicted octanol–water partition coefficient (Wildman–Crippen LogP) is 3.32. The lowest BCUT2D eigenvalue weighted by Gasteiger charge is -2.40. The zero-order chi connectivity index (χ0) is 11.5. The summed E-state index contributed by atoms with van der Waals surface area (Å²) < 4.78 is 5.02. The largest absolute Gasteiger partial charge is 0.466 e. The average molecular weight is 210 g/mol. The second-order valence-corrected chi connectivity index (χ2v) is 5.10. The molecule has 1 aliphatic rings. The van der Waals surface area contributed by atoms with Gasteiger partial charge in [-0.15, -0.1) is 0 Å². The summed E-state index contributed by atoms with van der Waals surface area (Å²) in [6.07, 6.45) is 4.40. The molecular weight excluding hydrogens is 188 g/mol. The topological polar surface area (TPSA) is 26.3 Å². The van der Waals surface area contributed by atoms with Crippen LogP contribution in [0.4, 0.5) is 0 Å². The van der Waals surface area contributed by atoms with Crippen LogP contribution >= 0.6 is 0 Å². The van der Waals surface area contributed by atoms with Crippen LogP contribution in [0.5, 0.6) is 0 Å². The summed E-state index contributed by atoms with van der Waals surface area (Å²) in [4.78, 5) is 10.7. The van der Waals surface area contributed by atoms with Crippen molar-refractivity contribution in [2.45, 2.75) is 46.5 Å². The third kappa shape index (κ3) is 3.37. The molecule has 15 heavy (non-hydrogen) atoms. The molecule has 0 aromatic carbocycles. The molecule has 1 rings (SSSR count). The van der Waals surface area contributed by atoms with Gasteiger partial charge in [0.15, 0.2) is 0 Å². The van der Waals surface area contributed by atoms with Gasteiger partial charge in [0.1, 0.15) is 0 Å². The predicted molar refractivity (Wildman–Crippen MR) is 61.5 cm³/mol. The smallest absolute Gasteiger partial charge is 0.302 e. The fourth-order valence-electron chi connectivity index (χ4n) is 2.29. The first-order valence-corrected chi connectivity index (χ1v) is 5.74. The quantitative estimate of drug-likeness (QED) is 0.527. The van der Waals surface area contributed by atoms with E-state index < -0.39 is 0 Å². The number of hydrogen-bond donors (Lipinski definition) is 0. The third-order valence-electron chi connectivity index (χ3n) is 3.81. The zero-order valence-electron chi connectivity index (χ0n) is 10.1. The van der Waals surface area contributed by atoms with Gasteiger partial charge in [-0.05, 0) is 37.0 Å². The van der Waals surface area contributed by atoms with Crippen LogP contribution in [0.15, 0.2) is 12.2 Å². The van der Waals surface area contributed by atoms with E-state index in [-0.39, 0.29) is 5.97 Å². The molecule has 2 nitrogen and oxygen atoms in total. The lowest BCUT2D eigenvalue weighted by Crippen LogP contribution is -2.31. The number of hydrogen-bond acceptors (Lipinski definition) is 2. The highest BCUT2D eigenvalue weighted by atomic mass is 16.5. The summed E-state index contributed by atoms with van der Waals surface area (Å²) in [6, 6.07) is 0. The molecule has 2 unspecified atom stereocenters. The molecule has 0 aliphatic heterocycles. The molecular formula is C13H22O2. The minimum absolute atomic E-state index is 0.175. The molecule has 0 bridgehead atoms. The Balaban J connectivity index is 2.43. The van der Waals surface area contributed by atoms with Crippen LogP contribution in [0.1, 0.15) is 46.5 Å². The number of carbonyl (C=O) groups is 1. The van der Waals surface area contributed by atoms with Crippen molar-refractivity contribution >= 4 is 5.97 Å². The molecule has 0 saturated heterocycles. The van der Waals surface area contributed by atoms with Gasteiger partial charge in [0.2, 0.25) is 0 Å². The van der Waals surface area contributed by atoms with E-state index in [1.807, 2.05) is 0 Å². The second kappa shape index (κ2) is 4.82. The number of allylic oxidation sites excluding steroid dienone is 1. The van der Waals surface area contributed by atoms with Crippen LogP contribution in [0.25, 0.3) is 0 Å². The number of ether oxygens (including phenoxy) is 1. The highest BCUT2D eigenvalue weighted by Gasteiger charge is 2.34. The summed E-state index contributed by atoms with van der Waals surface area (Å²) >= 11 is 0. The highest BCUT2D eigenvalue weighted by Crippen LogP contribution is 2.44. The summed E-state index contributed by atoms with van der Waals surface area (Å²) in [6.45, 7) is 10.7. The summed E-state index contributed by atoms with van der Waals surface area (Å²) in [5, 5.41) is 0. The molecule has 1 saturated carbocycles. The summed E-state index contributed by atoms with van der Waals surface area (Å²) in [5.41, 5.74) is 1.68. The number of carbonyl (C=O) groups excluding carboxylic acids is 1. The van der Waals surface area contributed by atoms with Gasteiger partial charge >= 0.3 is 5.97 Å². The summed E-state index contributed by atoms with van der Waals surface area (Å²) in [5.74, 6) is 0.473. The van der Waals surface area contributed by atoms with E-state index in [1.165, 1.54) is 18.9 Å². The van der Waals surface area contributed by atoms with E-state index in [0.717, 1.165) is 19.3 Å². The molecule has 0 N–H and O–H groups in total. The zero-order valence-corrected chi connectivity index (χ0v) is 10.1. The molecule has 2 atom stereocenters. The van der Waals surface area contributed by atoms with Gasteiger partial charge in [-0.3, -0.25) is 4.79 Å². The van der Waals surface area contributed by atoms with E-state index in [1.54, 1.807) is 0 Å². The van der Waals surface area contributed by atoms with E-state index in [9.17, 15) is 4.79 Å². The molecule has 0 heterocycles. The molecule has 0 spiro atoms. The van der Waals surface area contributed by atoms with Crippen LogP contribution in [0.3, 0.4) is 0 Å². The molecule has 1 fully saturated rings. The lowest BCUT2D eigenvalue weighted by molar-refractivity contribution is -0.142. The van der Waals surface area contributed by atoms with E-state index in [4.69, 9.17) is 4.74 Å². The van der Waals surface area contributed by atoms with E-state index >= 15 is 0 Å². The molecule has 0 amide bonds. The maximum absolute atomic E-state index is 10.7. The molecule has 1 aliphatic carbocycles. The van der Waals surface area contributed by atoms with Crippen LogP contribution in [0.2, 0.25) is 0 Å². The molecule has 0 aromatic heterocycles. The lowest BCUT2D eigenvalue weighted by atomic mass is 9.65. The first kappa shape index (κ1) is 12.3. The van der Waals surface area contributed by atoms with Crippen LogP contribution in [-0.4, -0.2) is 12.6 Å². The van der Waals surface area contributed by atoms with Crippen molar-refractivity contribution in [3.63, 3.8) is 0 Å². The Labute approximate surface area is 92.7 Å². The van der Waals surface area contributed by atoms with Crippen LogP contribution in [-0.2, 0) is 9.53 Å². The summed E-state index contributed by atoms with van der Waals surface area (Å²) in [7, 11) is 0. The first-order valence-electron chi connectivity index (χ1n) is 5.74. The Morgan fingerprint density at radius 2 is 2.33 bits per heavy atom.